The molecule has 0 unspecified atom stereocenters. The lowest BCUT2D eigenvalue weighted by Gasteiger charge is -2.40. The fourth-order valence-corrected chi connectivity index (χ4v) is 6.40. The van der Waals surface area contributed by atoms with Crippen LogP contribution in [0.5, 0.6) is 11.5 Å². The number of ether oxygens (including phenoxy) is 2. The lowest BCUT2D eigenvalue weighted by Crippen LogP contribution is -2.43. The molecule has 29 heavy (non-hydrogen) atoms. The van der Waals surface area contributed by atoms with Crippen LogP contribution in [0.4, 0.5) is 0 Å². The van der Waals surface area contributed by atoms with Gasteiger partial charge in [0.05, 0.1) is 14.2 Å². The van der Waals surface area contributed by atoms with Crippen molar-refractivity contribution in [2.24, 2.45) is 11.8 Å². The largest absolute Gasteiger partial charge is 0.493 e. The van der Waals surface area contributed by atoms with Gasteiger partial charge in [-0.2, -0.15) is 0 Å². The molecule has 1 saturated heterocycles. The van der Waals surface area contributed by atoms with Crippen molar-refractivity contribution < 1.29 is 9.47 Å². The molecule has 0 N–H and O–H groups in total. The first-order chi connectivity index (χ1) is 14.3. The van der Waals surface area contributed by atoms with Crippen LogP contribution in [0.2, 0.25) is 0 Å². The van der Waals surface area contributed by atoms with Gasteiger partial charge in [0, 0.05) is 11.6 Å². The number of fused-ring (bicyclic) bond motifs is 2. The van der Waals surface area contributed by atoms with E-state index in [1.54, 1.807) is 14.2 Å². The van der Waals surface area contributed by atoms with Crippen LogP contribution in [-0.4, -0.2) is 38.3 Å². The molecule has 1 heterocycles. The SMILES string of the molecule is COc1cccc(-c2ccccc2C2CCN([C@H]3C[C@H]4CC[C@H]3C4)CC2)c1OC. The zero-order chi connectivity index (χ0) is 19.8. The van der Waals surface area contributed by atoms with Gasteiger partial charge in [0.1, 0.15) is 0 Å². The summed E-state index contributed by atoms with van der Waals surface area (Å²) >= 11 is 0. The maximum Gasteiger partial charge on any atom is 0.168 e. The second kappa shape index (κ2) is 8.02. The highest BCUT2D eigenvalue weighted by atomic mass is 16.5. The lowest BCUT2D eigenvalue weighted by molar-refractivity contribution is 0.111. The maximum atomic E-state index is 5.74. The Kier molecular flexibility index (Phi) is 5.26. The van der Waals surface area contributed by atoms with Crippen molar-refractivity contribution in [3.8, 4) is 22.6 Å². The Morgan fingerprint density at radius 3 is 2.28 bits per heavy atom. The first-order valence-corrected chi connectivity index (χ1v) is 11.3. The van der Waals surface area contributed by atoms with Crippen molar-refractivity contribution in [2.45, 2.75) is 50.5 Å². The molecule has 0 radical (unpaired) electrons. The van der Waals surface area contributed by atoms with Gasteiger partial charge in [0.2, 0.25) is 0 Å². The minimum Gasteiger partial charge on any atom is -0.493 e. The summed E-state index contributed by atoms with van der Waals surface area (Å²) in [6.07, 6.45) is 8.46. The molecule has 2 bridgehead atoms. The Hall–Kier alpha value is -2.00. The molecule has 3 atom stereocenters. The molecule has 0 spiro atoms. The summed E-state index contributed by atoms with van der Waals surface area (Å²) in [5, 5.41) is 0. The number of piperidine rings is 1. The van der Waals surface area contributed by atoms with Crippen molar-refractivity contribution in [1.29, 1.82) is 0 Å². The fraction of sp³-hybridized carbons (Fsp3) is 0.538. The number of rotatable bonds is 5. The van der Waals surface area contributed by atoms with Gasteiger partial charge in [-0.25, -0.2) is 0 Å². The van der Waals surface area contributed by atoms with Crippen molar-refractivity contribution in [3.05, 3.63) is 48.0 Å². The van der Waals surface area contributed by atoms with E-state index < -0.39 is 0 Å². The van der Waals surface area contributed by atoms with E-state index in [4.69, 9.17) is 9.47 Å². The van der Waals surface area contributed by atoms with Gasteiger partial charge in [-0.05, 0) is 80.1 Å². The monoisotopic (exact) mass is 391 g/mol. The average Bonchev–Trinajstić information content (AvgIpc) is 3.42. The molecular weight excluding hydrogens is 358 g/mol. The first-order valence-electron chi connectivity index (χ1n) is 11.3. The quantitative estimate of drug-likeness (QED) is 0.649. The van der Waals surface area contributed by atoms with E-state index in [0.29, 0.717) is 5.92 Å². The molecule has 3 nitrogen and oxygen atoms in total. The Morgan fingerprint density at radius 2 is 1.59 bits per heavy atom. The highest BCUT2D eigenvalue weighted by molar-refractivity contribution is 5.76. The third kappa shape index (κ3) is 3.44. The molecule has 1 aliphatic heterocycles. The number of nitrogens with zero attached hydrogens (tertiary/aromatic N) is 1. The molecule has 3 heteroatoms. The minimum atomic E-state index is 0.622. The Bertz CT molecular complexity index is 856. The van der Waals surface area contributed by atoms with Crippen LogP contribution in [0, 0.1) is 11.8 Å². The number of likely N-dealkylation sites (tertiary alicyclic amines) is 1. The van der Waals surface area contributed by atoms with E-state index in [0.717, 1.165) is 34.9 Å². The molecule has 0 aromatic heterocycles. The van der Waals surface area contributed by atoms with Crippen molar-refractivity contribution in [3.63, 3.8) is 0 Å². The standard InChI is InChI=1S/C26H33NO2/c1-28-25-9-5-8-23(26(25)29-2)22-7-4-3-6-21(22)19-12-14-27(15-13-19)24-17-18-10-11-20(24)16-18/h3-9,18-20,24H,10-17H2,1-2H3/t18-,20-,24-/m0/s1. The van der Waals surface area contributed by atoms with Gasteiger partial charge in [-0.3, -0.25) is 0 Å². The van der Waals surface area contributed by atoms with Gasteiger partial charge in [-0.1, -0.05) is 42.8 Å². The first kappa shape index (κ1) is 19.0. The minimum absolute atomic E-state index is 0.622. The van der Waals surface area contributed by atoms with Crippen LogP contribution in [0.3, 0.4) is 0 Å². The average molecular weight is 392 g/mol. The van der Waals surface area contributed by atoms with Crippen LogP contribution >= 0.6 is 0 Å². The topological polar surface area (TPSA) is 21.7 Å². The molecule has 0 amide bonds. The summed E-state index contributed by atoms with van der Waals surface area (Å²) in [6.45, 7) is 2.50. The maximum absolute atomic E-state index is 5.74. The summed E-state index contributed by atoms with van der Waals surface area (Å²) in [6, 6.07) is 16.0. The van der Waals surface area contributed by atoms with Gasteiger partial charge in [0.25, 0.3) is 0 Å². The number of hydrogen-bond donors (Lipinski definition) is 0. The summed E-state index contributed by atoms with van der Waals surface area (Å²) in [5.74, 6) is 4.28. The van der Waals surface area contributed by atoms with Crippen LogP contribution in [-0.2, 0) is 0 Å². The van der Waals surface area contributed by atoms with E-state index in [-0.39, 0.29) is 0 Å². The van der Waals surface area contributed by atoms with Gasteiger partial charge < -0.3 is 14.4 Å². The third-order valence-electron chi connectivity index (χ3n) is 7.79. The van der Waals surface area contributed by atoms with Gasteiger partial charge in [-0.15, -0.1) is 0 Å². The molecule has 2 saturated carbocycles. The van der Waals surface area contributed by atoms with Crippen LogP contribution in [0.25, 0.3) is 11.1 Å². The normalized spacial score (nSPS) is 27.3. The molecule has 2 aromatic carbocycles. The van der Waals surface area contributed by atoms with Gasteiger partial charge >= 0.3 is 0 Å². The van der Waals surface area contributed by atoms with E-state index in [2.05, 4.69) is 41.3 Å². The number of hydrogen-bond acceptors (Lipinski definition) is 3. The smallest absolute Gasteiger partial charge is 0.168 e. The summed E-state index contributed by atoms with van der Waals surface area (Å²) in [5.41, 5.74) is 3.89. The molecule has 154 valence electrons. The zero-order valence-corrected chi connectivity index (χ0v) is 17.8. The van der Waals surface area contributed by atoms with Crippen LogP contribution in [0.1, 0.15) is 50.0 Å². The number of para-hydroxylation sites is 1. The molecular formula is C26H33NO2. The Balaban J connectivity index is 1.37. The van der Waals surface area contributed by atoms with Crippen molar-refractivity contribution in [1.82, 2.24) is 4.90 Å². The number of methoxy groups -OCH3 is 2. The molecule has 5 rings (SSSR count). The Labute approximate surface area is 175 Å². The third-order valence-corrected chi connectivity index (χ3v) is 7.79. The summed E-state index contributed by atoms with van der Waals surface area (Å²) < 4.78 is 11.3. The van der Waals surface area contributed by atoms with Gasteiger partial charge in [0.15, 0.2) is 11.5 Å². The van der Waals surface area contributed by atoms with E-state index in [1.165, 1.54) is 62.7 Å². The molecule has 2 aromatic rings. The van der Waals surface area contributed by atoms with E-state index >= 15 is 0 Å². The fourth-order valence-electron chi connectivity index (χ4n) is 6.40. The highest BCUT2D eigenvalue weighted by Crippen LogP contribution is 2.48. The molecule has 3 aliphatic rings. The van der Waals surface area contributed by atoms with E-state index in [1.807, 2.05) is 6.07 Å². The van der Waals surface area contributed by atoms with E-state index in [9.17, 15) is 0 Å². The van der Waals surface area contributed by atoms with Crippen LogP contribution < -0.4 is 9.47 Å². The second-order valence-electron chi connectivity index (χ2n) is 9.18. The molecule has 3 fully saturated rings. The predicted molar refractivity (Wildman–Crippen MR) is 118 cm³/mol. The Morgan fingerprint density at radius 1 is 0.793 bits per heavy atom. The summed E-state index contributed by atoms with van der Waals surface area (Å²) in [7, 11) is 3.44. The lowest BCUT2D eigenvalue weighted by atomic mass is 9.83. The summed E-state index contributed by atoms with van der Waals surface area (Å²) in [4.78, 5) is 2.83. The highest BCUT2D eigenvalue weighted by Gasteiger charge is 2.43. The molecule has 2 aliphatic carbocycles. The van der Waals surface area contributed by atoms with Crippen molar-refractivity contribution in [2.75, 3.05) is 27.3 Å². The predicted octanol–water partition coefficient (Wildman–Crippen LogP) is 5.74. The van der Waals surface area contributed by atoms with Crippen LogP contribution in [0.15, 0.2) is 42.5 Å². The van der Waals surface area contributed by atoms with Crippen molar-refractivity contribution >= 4 is 0 Å². The second-order valence-corrected chi connectivity index (χ2v) is 9.18. The number of benzene rings is 2. The zero-order valence-electron chi connectivity index (χ0n) is 17.8.